The zero-order chi connectivity index (χ0) is 33.8. The van der Waals surface area contributed by atoms with Crippen molar-refractivity contribution in [2.75, 3.05) is 6.54 Å². The number of carboxylic acid groups (broad SMARTS) is 1. The molecule has 0 rings (SSSR count). The number of carbonyl (C=O) groups excluding carboxylic acids is 2. The number of ether oxygens (including phenoxy) is 1. The van der Waals surface area contributed by atoms with Gasteiger partial charge in [-0.1, -0.05) is 134 Å². The molecule has 46 heavy (non-hydrogen) atoms. The van der Waals surface area contributed by atoms with Gasteiger partial charge in [0.05, 0.1) is 0 Å². The van der Waals surface area contributed by atoms with E-state index in [0.717, 1.165) is 57.8 Å². The van der Waals surface area contributed by atoms with Crippen LogP contribution in [-0.4, -0.2) is 35.6 Å². The molecule has 1 unspecified atom stereocenters. The number of hydrogen-bond donors (Lipinski definition) is 2. The van der Waals surface area contributed by atoms with Crippen molar-refractivity contribution in [3.8, 4) is 0 Å². The number of carboxylic acids is 1. The van der Waals surface area contributed by atoms with E-state index in [-0.39, 0.29) is 24.5 Å². The third-order valence-electron chi connectivity index (χ3n) is 8.27. The molecule has 0 aliphatic rings. The zero-order valence-corrected chi connectivity index (χ0v) is 29.9. The Hall–Kier alpha value is -2.37. The lowest BCUT2D eigenvalue weighted by atomic mass is 10.1. The van der Waals surface area contributed by atoms with Gasteiger partial charge in [0.1, 0.15) is 12.6 Å². The van der Waals surface area contributed by atoms with E-state index < -0.39 is 5.97 Å². The summed E-state index contributed by atoms with van der Waals surface area (Å²) in [6.45, 7) is 4.15. The quantitative estimate of drug-likeness (QED) is 0.0412. The molecule has 0 saturated heterocycles. The van der Waals surface area contributed by atoms with E-state index in [0.29, 0.717) is 12.8 Å². The van der Waals surface area contributed by atoms with Gasteiger partial charge in [-0.05, 0) is 76.7 Å². The van der Waals surface area contributed by atoms with Crippen LogP contribution in [0.5, 0.6) is 0 Å². The van der Waals surface area contributed by atoms with Crippen LogP contribution in [0.25, 0.3) is 0 Å². The lowest BCUT2D eigenvalue weighted by Gasteiger charge is -2.14. The van der Waals surface area contributed by atoms with Gasteiger partial charge in [0.15, 0.2) is 0 Å². The van der Waals surface area contributed by atoms with E-state index in [9.17, 15) is 14.4 Å². The van der Waals surface area contributed by atoms with Crippen LogP contribution in [0.3, 0.4) is 0 Å². The molecule has 0 aliphatic carbocycles. The third kappa shape index (κ3) is 34.5. The number of amides is 1. The first-order valence-corrected chi connectivity index (χ1v) is 19.1. The standard InChI is InChI=1S/C40H71NO5/c1-3-5-7-9-11-13-14-15-16-17-18-19-20-21-23-25-31-35-40(45)46-37(32-28-24-22-12-10-8-6-4-2)33-29-26-27-30-34-38(42)41-36-39(43)44/h12,15-16,22,28,32,37H,3-11,13-14,17-21,23-27,29-31,33-36H2,1-2H3,(H,41,42)(H,43,44)/b16-15-,22-12-,32-28-. The molecule has 0 aromatic rings. The lowest BCUT2D eigenvalue weighted by Crippen LogP contribution is -2.28. The molecule has 266 valence electrons. The smallest absolute Gasteiger partial charge is 0.322 e. The van der Waals surface area contributed by atoms with E-state index in [1.807, 2.05) is 6.08 Å². The number of nitrogens with one attached hydrogen (secondary N) is 1. The molecule has 2 N–H and O–H groups in total. The first-order chi connectivity index (χ1) is 22.5. The van der Waals surface area contributed by atoms with Crippen molar-refractivity contribution in [2.45, 2.75) is 193 Å². The molecule has 0 saturated carbocycles. The summed E-state index contributed by atoms with van der Waals surface area (Å²) in [4.78, 5) is 34.8. The van der Waals surface area contributed by atoms with Gasteiger partial charge in [0.2, 0.25) is 5.91 Å². The van der Waals surface area contributed by atoms with Crippen LogP contribution < -0.4 is 5.32 Å². The van der Waals surface area contributed by atoms with Gasteiger partial charge < -0.3 is 15.2 Å². The second kappa shape index (κ2) is 35.5. The monoisotopic (exact) mass is 646 g/mol. The lowest BCUT2D eigenvalue weighted by molar-refractivity contribution is -0.147. The predicted octanol–water partition coefficient (Wildman–Crippen LogP) is 11.3. The average Bonchev–Trinajstić information content (AvgIpc) is 3.04. The van der Waals surface area contributed by atoms with E-state index >= 15 is 0 Å². The molecule has 0 fully saturated rings. The van der Waals surface area contributed by atoms with Gasteiger partial charge in [-0.15, -0.1) is 0 Å². The highest BCUT2D eigenvalue weighted by Gasteiger charge is 2.11. The Morgan fingerprint density at radius 1 is 0.587 bits per heavy atom. The second-order valence-electron chi connectivity index (χ2n) is 12.8. The minimum absolute atomic E-state index is 0.104. The summed E-state index contributed by atoms with van der Waals surface area (Å²) >= 11 is 0. The van der Waals surface area contributed by atoms with E-state index in [4.69, 9.17) is 9.84 Å². The van der Waals surface area contributed by atoms with Crippen LogP contribution in [0.2, 0.25) is 0 Å². The van der Waals surface area contributed by atoms with Crippen molar-refractivity contribution >= 4 is 17.8 Å². The molecular weight excluding hydrogens is 574 g/mol. The van der Waals surface area contributed by atoms with Crippen LogP contribution in [-0.2, 0) is 19.1 Å². The summed E-state index contributed by atoms with van der Waals surface area (Å²) in [5.41, 5.74) is 0. The summed E-state index contributed by atoms with van der Waals surface area (Å²) in [6.07, 6.45) is 42.8. The topological polar surface area (TPSA) is 92.7 Å². The Bertz CT molecular complexity index is 803. The fraction of sp³-hybridized carbons (Fsp3) is 0.775. The summed E-state index contributed by atoms with van der Waals surface area (Å²) < 4.78 is 5.86. The Morgan fingerprint density at radius 3 is 1.67 bits per heavy atom. The highest BCUT2D eigenvalue weighted by molar-refractivity contribution is 5.80. The Kier molecular flexibility index (Phi) is 33.7. The molecule has 1 amide bonds. The number of esters is 1. The van der Waals surface area contributed by atoms with Gasteiger partial charge in [0, 0.05) is 12.8 Å². The van der Waals surface area contributed by atoms with Crippen molar-refractivity contribution in [1.82, 2.24) is 5.32 Å². The fourth-order valence-corrected chi connectivity index (χ4v) is 5.40. The van der Waals surface area contributed by atoms with E-state index in [1.54, 1.807) is 0 Å². The summed E-state index contributed by atoms with van der Waals surface area (Å²) in [5.74, 6) is -1.36. The number of allylic oxidation sites excluding steroid dienone is 5. The molecular formula is C40H71NO5. The molecule has 0 aromatic heterocycles. The van der Waals surface area contributed by atoms with Crippen LogP contribution >= 0.6 is 0 Å². The van der Waals surface area contributed by atoms with Crippen LogP contribution in [0.1, 0.15) is 187 Å². The maximum absolute atomic E-state index is 12.6. The largest absolute Gasteiger partial charge is 0.480 e. The molecule has 1 atom stereocenters. The zero-order valence-electron chi connectivity index (χ0n) is 29.9. The van der Waals surface area contributed by atoms with Gasteiger partial charge in [-0.3, -0.25) is 14.4 Å². The molecule has 0 aromatic carbocycles. The summed E-state index contributed by atoms with van der Waals surface area (Å²) in [5, 5.41) is 11.0. The Morgan fingerprint density at radius 2 is 1.07 bits per heavy atom. The number of hydrogen-bond acceptors (Lipinski definition) is 4. The van der Waals surface area contributed by atoms with Crippen LogP contribution in [0, 0.1) is 0 Å². The Balaban J connectivity index is 4.13. The van der Waals surface area contributed by atoms with Gasteiger partial charge in [-0.25, -0.2) is 0 Å². The van der Waals surface area contributed by atoms with Crippen molar-refractivity contribution in [1.29, 1.82) is 0 Å². The SMILES string of the molecule is CCCCC/C=C\C/C=C\C(CCCCCCC(=O)NCC(=O)O)OC(=O)CCCCCCCCC/C=C\CCCCCCCC. The first kappa shape index (κ1) is 43.6. The fourth-order valence-electron chi connectivity index (χ4n) is 5.40. The van der Waals surface area contributed by atoms with Crippen molar-refractivity contribution < 1.29 is 24.2 Å². The summed E-state index contributed by atoms with van der Waals surface area (Å²) in [7, 11) is 0. The van der Waals surface area contributed by atoms with E-state index in [2.05, 4.69) is 49.5 Å². The van der Waals surface area contributed by atoms with Crippen molar-refractivity contribution in [3.05, 3.63) is 36.5 Å². The molecule has 0 heterocycles. The number of carbonyl (C=O) groups is 3. The molecule has 6 nitrogen and oxygen atoms in total. The molecule has 0 bridgehead atoms. The minimum Gasteiger partial charge on any atom is -0.480 e. The highest BCUT2D eigenvalue weighted by Crippen LogP contribution is 2.15. The Labute approximate surface area is 283 Å². The number of unbranched alkanes of at least 4 members (excludes halogenated alkanes) is 19. The molecule has 0 aliphatic heterocycles. The van der Waals surface area contributed by atoms with Crippen LogP contribution in [0.4, 0.5) is 0 Å². The molecule has 6 heteroatoms. The number of rotatable bonds is 34. The average molecular weight is 646 g/mol. The molecule has 0 spiro atoms. The highest BCUT2D eigenvalue weighted by atomic mass is 16.5. The normalized spacial score (nSPS) is 12.4. The minimum atomic E-state index is -1.03. The van der Waals surface area contributed by atoms with Crippen molar-refractivity contribution in [3.63, 3.8) is 0 Å². The van der Waals surface area contributed by atoms with Gasteiger partial charge in [0.25, 0.3) is 0 Å². The first-order valence-electron chi connectivity index (χ1n) is 19.1. The van der Waals surface area contributed by atoms with Gasteiger partial charge in [-0.2, -0.15) is 0 Å². The van der Waals surface area contributed by atoms with Gasteiger partial charge >= 0.3 is 11.9 Å². The third-order valence-corrected chi connectivity index (χ3v) is 8.27. The van der Waals surface area contributed by atoms with Crippen LogP contribution in [0.15, 0.2) is 36.5 Å². The second-order valence-corrected chi connectivity index (χ2v) is 12.8. The van der Waals surface area contributed by atoms with Crippen molar-refractivity contribution in [2.24, 2.45) is 0 Å². The predicted molar refractivity (Wildman–Crippen MR) is 194 cm³/mol. The number of aliphatic carboxylic acids is 1. The summed E-state index contributed by atoms with van der Waals surface area (Å²) in [6, 6.07) is 0. The molecule has 0 radical (unpaired) electrons. The maximum Gasteiger partial charge on any atom is 0.322 e. The maximum atomic E-state index is 12.6. The van der Waals surface area contributed by atoms with E-state index in [1.165, 1.54) is 103 Å².